The molecule has 0 saturated heterocycles. The second kappa shape index (κ2) is 2.16. The first kappa shape index (κ1) is 4.90. The van der Waals surface area contributed by atoms with Gasteiger partial charge in [-0.25, -0.2) is 0 Å². The average molecular weight is 141 g/mol. The van der Waals surface area contributed by atoms with Crippen molar-refractivity contribution >= 4 is 29.9 Å². The van der Waals surface area contributed by atoms with Gasteiger partial charge in [-0.1, -0.05) is 15.5 Å². The second-order valence-corrected chi connectivity index (χ2v) is 2.81. The molecule has 4 heteroatoms. The predicted octanol–water partition coefficient (Wildman–Crippen LogP) is 1.75. The Morgan fingerprint density at radius 2 is 2.00 bits per heavy atom. The molecule has 4 heavy (non-hydrogen) atoms. The van der Waals surface area contributed by atoms with E-state index < -0.39 is 6.81 Å². The minimum absolute atomic E-state index is 1.81. The van der Waals surface area contributed by atoms with Gasteiger partial charge < -0.3 is 7.57 Å². The second-order valence-electron chi connectivity index (χ2n) is 0.259. The van der Waals surface area contributed by atoms with Gasteiger partial charge in [-0.3, -0.25) is 4.20 Å². The van der Waals surface area contributed by atoms with Gasteiger partial charge in [-0.15, -0.1) is 6.81 Å². The van der Waals surface area contributed by atoms with E-state index in [9.17, 15) is 4.20 Å². The van der Waals surface area contributed by atoms with Crippen molar-refractivity contribution in [1.29, 1.82) is 0 Å². The molecule has 1 atom stereocenters. The van der Waals surface area contributed by atoms with Gasteiger partial charge in [0.25, 0.3) is 0 Å². The zero-order chi connectivity index (χ0) is 3.58. The summed E-state index contributed by atoms with van der Waals surface area (Å²) in [5.74, 6) is 0. The number of hydrogen-bond acceptors (Lipinski definition) is 0. The molecule has 1 unspecified atom stereocenters. The third-order valence-corrected chi connectivity index (χ3v) is 0. The summed E-state index contributed by atoms with van der Waals surface area (Å²) in [4.78, 5) is 0. The monoisotopic (exact) mass is 140 g/mol. The Hall–Kier alpha value is 0.905. The molecule has 0 heterocycles. The fourth-order valence-electron chi connectivity index (χ4n) is 0. The summed E-state index contributed by atoms with van der Waals surface area (Å²) in [5, 5.41) is 0. The van der Waals surface area contributed by atoms with Crippen LogP contribution in [-0.4, -0.2) is 7.57 Å². The lowest BCUT2D eigenvalue weighted by molar-refractivity contribution is 0.931. The maximum Gasteiger partial charge on any atom is -0.0781 e. The van der Waals surface area contributed by atoms with Crippen molar-refractivity contribution in [2.24, 2.45) is 0 Å². The molecule has 0 bridgehead atoms. The molecule has 0 aliphatic heterocycles. The Bertz CT molecular complexity index is 12.8. The van der Waals surface area contributed by atoms with E-state index >= 15 is 0 Å². The van der Waals surface area contributed by atoms with E-state index in [1.807, 2.05) is 0 Å². The van der Waals surface area contributed by atoms with Gasteiger partial charge in [0.15, 0.2) is 0 Å². The van der Waals surface area contributed by atoms with Gasteiger partial charge in [0.1, 0.15) is 0 Å². The highest BCUT2D eigenvalue weighted by Crippen LogP contribution is 2.38. The molecule has 0 aromatic rings. The van der Waals surface area contributed by atoms with Crippen molar-refractivity contribution in [3.63, 3.8) is 0 Å². The molecule has 0 nitrogen and oxygen atoms in total. The van der Waals surface area contributed by atoms with Gasteiger partial charge in [0.2, 0.25) is 0 Å². The molecular formula is BBrFP-. The summed E-state index contributed by atoms with van der Waals surface area (Å²) >= 11 is 2.45. The van der Waals surface area contributed by atoms with Crippen LogP contribution in [0, 0.1) is 0 Å². The maximum absolute atomic E-state index is 10.8. The molecule has 3 radical (unpaired) electrons. The van der Waals surface area contributed by atoms with E-state index in [0.717, 1.165) is 0 Å². The van der Waals surface area contributed by atoms with E-state index in [1.165, 1.54) is 0 Å². The van der Waals surface area contributed by atoms with Gasteiger partial charge in [-0.2, -0.15) is 0 Å². The topological polar surface area (TPSA) is 0 Å². The summed E-state index contributed by atoms with van der Waals surface area (Å²) in [7, 11) is 4.43. The molecular weight excluding hydrogens is 141 g/mol. The zero-order valence-corrected chi connectivity index (χ0v) is 4.26. The van der Waals surface area contributed by atoms with Crippen LogP contribution in [0.5, 0.6) is 0 Å². The van der Waals surface area contributed by atoms with E-state index in [2.05, 4.69) is 23.1 Å². The molecule has 0 aliphatic rings. The van der Waals surface area contributed by atoms with E-state index in [1.54, 1.807) is 0 Å². The molecule has 0 aliphatic carbocycles. The lowest BCUT2D eigenvalue weighted by Crippen LogP contribution is -1.29. The molecule has 0 saturated carbocycles. The van der Waals surface area contributed by atoms with Gasteiger partial charge in [-0.05, 0) is 0 Å². The standard InChI is InChI=1S/BBrFP/c1-4(2)3/q-1. The predicted molar refractivity (Wildman–Crippen MR) is 22.7 cm³/mol. The lowest BCUT2D eigenvalue weighted by Gasteiger charge is -1.95. The van der Waals surface area contributed by atoms with Crippen LogP contribution in [-0.2, 0) is 0 Å². The molecule has 0 amide bonds. The quantitative estimate of drug-likeness (QED) is 0.355. The van der Waals surface area contributed by atoms with E-state index in [0.29, 0.717) is 0 Å². The van der Waals surface area contributed by atoms with Crippen LogP contribution in [0.1, 0.15) is 0 Å². The Balaban J connectivity index is 2.32. The molecule has 0 aromatic carbocycles. The Morgan fingerprint density at radius 1 is 2.00 bits per heavy atom. The summed E-state index contributed by atoms with van der Waals surface area (Å²) in [6.07, 6.45) is 0. The first-order valence-corrected chi connectivity index (χ1v) is 3.92. The summed E-state index contributed by atoms with van der Waals surface area (Å²) < 4.78 is 10.8. The smallest absolute Gasteiger partial charge is 0.0781 e. The Kier molecular flexibility index (Phi) is 2.65. The van der Waals surface area contributed by atoms with Crippen molar-refractivity contribution in [2.75, 3.05) is 0 Å². The van der Waals surface area contributed by atoms with Gasteiger partial charge >= 0.3 is 0 Å². The lowest BCUT2D eigenvalue weighted by atomic mass is 10.8. The minimum atomic E-state index is -1.81. The van der Waals surface area contributed by atoms with Crippen LogP contribution in [0.15, 0.2) is 0 Å². The van der Waals surface area contributed by atoms with Crippen LogP contribution in [0.25, 0.3) is 0 Å². The summed E-state index contributed by atoms with van der Waals surface area (Å²) in [6, 6.07) is 0. The number of halogens is 2. The maximum atomic E-state index is 10.8. The molecule has 23 valence electrons. The fraction of sp³-hybridized carbons (Fsp3) is 0. The van der Waals surface area contributed by atoms with Crippen LogP contribution in [0.2, 0.25) is 0 Å². The summed E-state index contributed by atoms with van der Waals surface area (Å²) in [5.41, 5.74) is 0. The molecule has 0 fully saturated rings. The van der Waals surface area contributed by atoms with Crippen molar-refractivity contribution in [1.82, 2.24) is 0 Å². The molecule has 0 rings (SSSR count). The Morgan fingerprint density at radius 3 is 2.00 bits per heavy atom. The van der Waals surface area contributed by atoms with Crippen LogP contribution in [0.4, 0.5) is 4.20 Å². The zero-order valence-electron chi connectivity index (χ0n) is 1.78. The van der Waals surface area contributed by atoms with Crippen LogP contribution >= 0.6 is 22.3 Å². The van der Waals surface area contributed by atoms with Gasteiger partial charge in [0.05, 0.1) is 0 Å². The SMILES string of the molecule is [B-]P(F)Br. The molecule has 0 N–H and O–H groups in total. The third kappa shape index (κ3) is 12.9. The van der Waals surface area contributed by atoms with Crippen molar-refractivity contribution < 1.29 is 4.20 Å². The van der Waals surface area contributed by atoms with Gasteiger partial charge in [0, 0.05) is 0 Å². The van der Waals surface area contributed by atoms with Crippen LogP contribution in [0.3, 0.4) is 0 Å². The highest BCUT2D eigenvalue weighted by molar-refractivity contribution is 9.41. The van der Waals surface area contributed by atoms with E-state index in [4.69, 9.17) is 0 Å². The minimum Gasteiger partial charge on any atom is -0.517 e. The number of rotatable bonds is 0. The fourth-order valence-corrected chi connectivity index (χ4v) is 0. The molecule has 0 aromatic heterocycles. The van der Waals surface area contributed by atoms with Crippen molar-refractivity contribution in [3.05, 3.63) is 0 Å². The first-order chi connectivity index (χ1) is 1.73. The van der Waals surface area contributed by atoms with Crippen molar-refractivity contribution in [3.8, 4) is 0 Å². The molecule has 0 spiro atoms. The Labute approximate surface area is 34.8 Å². The third-order valence-electron chi connectivity index (χ3n) is 0. The number of hydrogen-bond donors (Lipinski definition) is 0. The largest absolute Gasteiger partial charge is 0.517 e. The first-order valence-electron chi connectivity index (χ1n) is 0.596. The van der Waals surface area contributed by atoms with Crippen molar-refractivity contribution in [2.45, 2.75) is 0 Å². The average Bonchev–Trinajstić information content (AvgIpc) is 0.811. The van der Waals surface area contributed by atoms with E-state index in [-0.39, 0.29) is 0 Å². The normalized spacial score (nSPS) is 15.8. The van der Waals surface area contributed by atoms with Crippen LogP contribution < -0.4 is 0 Å². The summed E-state index contributed by atoms with van der Waals surface area (Å²) in [6.45, 7) is -1.81. The highest BCUT2D eigenvalue weighted by Gasteiger charge is 1.53. The highest BCUT2D eigenvalue weighted by atomic mass is 79.9.